The first-order chi connectivity index (χ1) is 15.7. The molecule has 2 aromatic carbocycles. The molecular weight excluding hydrogens is 396 g/mol. The van der Waals surface area contributed by atoms with Gasteiger partial charge in [0.25, 0.3) is 0 Å². The quantitative estimate of drug-likeness (QED) is 0.357. The Labute approximate surface area is 193 Å². The van der Waals surface area contributed by atoms with E-state index in [0.717, 1.165) is 44.8 Å². The maximum atomic E-state index is 6.17. The minimum Gasteiger partial charge on any atom is -0.497 e. The fraction of sp³-hybridized carbons (Fsp3) is 0.500. The van der Waals surface area contributed by atoms with E-state index in [1.54, 1.807) is 7.11 Å². The van der Waals surface area contributed by atoms with Gasteiger partial charge in [0, 0.05) is 12.2 Å². The highest BCUT2D eigenvalue weighted by Crippen LogP contribution is 2.39. The van der Waals surface area contributed by atoms with Gasteiger partial charge in [-0.15, -0.1) is 6.58 Å². The van der Waals surface area contributed by atoms with E-state index in [9.17, 15) is 0 Å². The first-order valence-corrected chi connectivity index (χ1v) is 12.1. The van der Waals surface area contributed by atoms with Gasteiger partial charge in [-0.3, -0.25) is 4.90 Å². The molecule has 0 aromatic heterocycles. The first kappa shape index (κ1) is 22.9. The van der Waals surface area contributed by atoms with E-state index in [4.69, 9.17) is 9.47 Å². The summed E-state index contributed by atoms with van der Waals surface area (Å²) < 4.78 is 11.6. The maximum absolute atomic E-state index is 6.17. The number of likely N-dealkylation sites (tertiary alicyclic amines) is 1. The van der Waals surface area contributed by atoms with Crippen LogP contribution in [0.4, 0.5) is 5.69 Å². The van der Waals surface area contributed by atoms with Gasteiger partial charge < -0.3 is 14.4 Å². The molecule has 32 heavy (non-hydrogen) atoms. The van der Waals surface area contributed by atoms with Gasteiger partial charge in [0.05, 0.1) is 32.4 Å². The number of nitrogens with zero attached hydrogens (tertiary/aromatic N) is 2. The number of aryl methyl sites for hydroxylation is 1. The smallest absolute Gasteiger partial charge is 0.118 e. The molecule has 2 aliphatic rings. The minimum atomic E-state index is 0.372. The molecular formula is C28H38N2O2. The lowest BCUT2D eigenvalue weighted by molar-refractivity contribution is 0.0722. The van der Waals surface area contributed by atoms with Crippen LogP contribution in [0.5, 0.6) is 5.75 Å². The SMILES string of the molecule is C=C(C)CCOCC(CN1c2ccccc2CCC1c1ccc(OC)cc1)N1CCCC1. The van der Waals surface area contributed by atoms with Crippen LogP contribution in [-0.4, -0.2) is 50.9 Å². The Morgan fingerprint density at radius 1 is 1.09 bits per heavy atom. The van der Waals surface area contributed by atoms with Crippen molar-refractivity contribution in [2.45, 2.75) is 51.1 Å². The highest BCUT2D eigenvalue weighted by atomic mass is 16.5. The number of benzene rings is 2. The van der Waals surface area contributed by atoms with Crippen LogP contribution >= 0.6 is 0 Å². The van der Waals surface area contributed by atoms with Crippen LogP contribution < -0.4 is 9.64 Å². The molecule has 2 aliphatic heterocycles. The second kappa shape index (κ2) is 11.0. The lowest BCUT2D eigenvalue weighted by Gasteiger charge is -2.43. The summed E-state index contributed by atoms with van der Waals surface area (Å²) in [6.07, 6.45) is 5.77. The molecule has 172 valence electrons. The average molecular weight is 435 g/mol. The summed E-state index contributed by atoms with van der Waals surface area (Å²) in [7, 11) is 1.73. The van der Waals surface area contributed by atoms with E-state index in [1.165, 1.54) is 48.3 Å². The summed E-state index contributed by atoms with van der Waals surface area (Å²) in [6, 6.07) is 18.4. The van der Waals surface area contributed by atoms with Crippen LogP contribution in [0.3, 0.4) is 0 Å². The molecule has 0 radical (unpaired) electrons. The lowest BCUT2D eigenvalue weighted by atomic mass is 9.90. The summed E-state index contributed by atoms with van der Waals surface area (Å²) in [5.74, 6) is 0.914. The summed E-state index contributed by atoms with van der Waals surface area (Å²) in [6.45, 7) is 11.0. The molecule has 0 aliphatic carbocycles. The Morgan fingerprint density at radius 3 is 2.56 bits per heavy atom. The molecule has 2 atom stereocenters. The van der Waals surface area contributed by atoms with Gasteiger partial charge in [0.15, 0.2) is 0 Å². The Bertz CT molecular complexity index is 873. The molecule has 2 unspecified atom stereocenters. The van der Waals surface area contributed by atoms with Crippen molar-refractivity contribution in [3.05, 3.63) is 71.8 Å². The Hall–Kier alpha value is -2.30. The molecule has 1 fully saturated rings. The fourth-order valence-corrected chi connectivity index (χ4v) is 5.09. The average Bonchev–Trinajstić information content (AvgIpc) is 3.36. The molecule has 2 heterocycles. The van der Waals surface area contributed by atoms with Gasteiger partial charge in [-0.05, 0) is 81.4 Å². The van der Waals surface area contributed by atoms with Crippen molar-refractivity contribution < 1.29 is 9.47 Å². The molecule has 4 nitrogen and oxygen atoms in total. The Kier molecular flexibility index (Phi) is 7.88. The predicted molar refractivity (Wildman–Crippen MR) is 133 cm³/mol. The summed E-state index contributed by atoms with van der Waals surface area (Å²) >= 11 is 0. The van der Waals surface area contributed by atoms with E-state index in [0.29, 0.717) is 12.1 Å². The highest BCUT2D eigenvalue weighted by Gasteiger charge is 2.32. The number of ether oxygens (including phenoxy) is 2. The second-order valence-corrected chi connectivity index (χ2v) is 9.29. The first-order valence-electron chi connectivity index (χ1n) is 12.1. The number of hydrogen-bond acceptors (Lipinski definition) is 4. The van der Waals surface area contributed by atoms with Crippen molar-refractivity contribution in [3.63, 3.8) is 0 Å². The van der Waals surface area contributed by atoms with Crippen LogP contribution in [0.2, 0.25) is 0 Å². The molecule has 1 saturated heterocycles. The number of rotatable bonds is 10. The number of anilines is 1. The topological polar surface area (TPSA) is 24.9 Å². The third-order valence-corrected chi connectivity index (χ3v) is 6.91. The third kappa shape index (κ3) is 5.54. The Balaban J connectivity index is 1.57. The second-order valence-electron chi connectivity index (χ2n) is 9.29. The van der Waals surface area contributed by atoms with Crippen molar-refractivity contribution in [1.29, 1.82) is 0 Å². The van der Waals surface area contributed by atoms with Crippen LogP contribution in [0.1, 0.15) is 49.8 Å². The molecule has 0 N–H and O–H groups in total. The number of para-hydroxylation sites is 1. The van der Waals surface area contributed by atoms with Crippen molar-refractivity contribution in [1.82, 2.24) is 4.90 Å². The number of fused-ring (bicyclic) bond motifs is 1. The third-order valence-electron chi connectivity index (χ3n) is 6.91. The zero-order valence-corrected chi connectivity index (χ0v) is 19.8. The van der Waals surface area contributed by atoms with Crippen molar-refractivity contribution in [2.75, 3.05) is 44.9 Å². The van der Waals surface area contributed by atoms with Gasteiger partial charge in [0.2, 0.25) is 0 Å². The van der Waals surface area contributed by atoms with Gasteiger partial charge in [-0.25, -0.2) is 0 Å². The molecule has 0 spiro atoms. The van der Waals surface area contributed by atoms with Gasteiger partial charge in [-0.2, -0.15) is 0 Å². The van der Waals surface area contributed by atoms with E-state index in [-0.39, 0.29) is 0 Å². The van der Waals surface area contributed by atoms with Gasteiger partial charge in [0.1, 0.15) is 5.75 Å². The molecule has 2 aromatic rings. The molecule has 4 heteroatoms. The van der Waals surface area contributed by atoms with Crippen molar-refractivity contribution in [3.8, 4) is 5.75 Å². The largest absolute Gasteiger partial charge is 0.497 e. The van der Waals surface area contributed by atoms with Crippen LogP contribution in [-0.2, 0) is 11.2 Å². The van der Waals surface area contributed by atoms with E-state index >= 15 is 0 Å². The van der Waals surface area contributed by atoms with Crippen molar-refractivity contribution in [2.24, 2.45) is 0 Å². The Morgan fingerprint density at radius 2 is 1.84 bits per heavy atom. The predicted octanol–water partition coefficient (Wildman–Crippen LogP) is 5.64. The normalized spacial score (nSPS) is 19.6. The monoisotopic (exact) mass is 434 g/mol. The van der Waals surface area contributed by atoms with Gasteiger partial charge >= 0.3 is 0 Å². The molecule has 0 saturated carbocycles. The lowest BCUT2D eigenvalue weighted by Crippen LogP contribution is -2.48. The van der Waals surface area contributed by atoms with Gasteiger partial charge in [-0.1, -0.05) is 35.9 Å². The zero-order valence-electron chi connectivity index (χ0n) is 19.8. The number of methoxy groups -OCH3 is 1. The van der Waals surface area contributed by atoms with E-state index in [1.807, 2.05) is 0 Å². The molecule has 0 amide bonds. The van der Waals surface area contributed by atoms with E-state index < -0.39 is 0 Å². The van der Waals surface area contributed by atoms with E-state index in [2.05, 4.69) is 71.8 Å². The molecule has 0 bridgehead atoms. The standard InChI is InChI=1S/C28H38N2O2/c1-22(2)16-19-32-21-25(29-17-6-7-18-29)20-30-27-9-5-4-8-23(27)12-15-28(30)24-10-13-26(31-3)14-11-24/h4-5,8-11,13-14,25,28H,1,6-7,12,15-21H2,2-3H3. The summed E-state index contributed by atoms with van der Waals surface area (Å²) in [5.41, 5.74) is 5.39. The van der Waals surface area contributed by atoms with Crippen LogP contribution in [0.25, 0.3) is 0 Å². The minimum absolute atomic E-state index is 0.372. The summed E-state index contributed by atoms with van der Waals surface area (Å²) in [4.78, 5) is 5.29. The van der Waals surface area contributed by atoms with Crippen LogP contribution in [0, 0.1) is 0 Å². The number of hydrogen-bond donors (Lipinski definition) is 0. The summed E-state index contributed by atoms with van der Waals surface area (Å²) in [5, 5.41) is 0. The van der Waals surface area contributed by atoms with Crippen LogP contribution in [0.15, 0.2) is 60.7 Å². The maximum Gasteiger partial charge on any atom is 0.118 e. The van der Waals surface area contributed by atoms with Crippen molar-refractivity contribution >= 4 is 5.69 Å². The highest BCUT2D eigenvalue weighted by molar-refractivity contribution is 5.58. The molecule has 4 rings (SSSR count). The fourth-order valence-electron chi connectivity index (χ4n) is 5.09. The zero-order chi connectivity index (χ0) is 22.3.